The Kier molecular flexibility index (Phi) is 4.84. The number of amides is 1. The summed E-state index contributed by atoms with van der Waals surface area (Å²) in [6.45, 7) is 0. The lowest BCUT2D eigenvalue weighted by Crippen LogP contribution is -2.48. The van der Waals surface area contributed by atoms with Crippen molar-refractivity contribution in [1.82, 2.24) is 4.90 Å². The van der Waals surface area contributed by atoms with Gasteiger partial charge in [-0.05, 0) is 29.8 Å². The zero-order valence-corrected chi connectivity index (χ0v) is 16.6. The molecule has 0 radical (unpaired) electrons. The fourth-order valence-corrected chi connectivity index (χ4v) is 5.16. The molecule has 0 aliphatic carbocycles. The topological polar surface area (TPSA) is 73.6 Å². The molecule has 142 valence electrons. The van der Waals surface area contributed by atoms with E-state index in [2.05, 4.69) is 6.07 Å². The van der Waals surface area contributed by atoms with Crippen molar-refractivity contribution in [3.8, 4) is 11.8 Å². The van der Waals surface area contributed by atoms with Gasteiger partial charge in [0.05, 0.1) is 29.5 Å². The zero-order valence-electron chi connectivity index (χ0n) is 15.1. The minimum atomic E-state index is -1.49. The molecule has 1 amide bonds. The maximum Gasteiger partial charge on any atom is 0.231 e. The highest BCUT2D eigenvalue weighted by atomic mass is 35.5. The number of hydrogen-bond donors (Lipinski definition) is 1. The first-order valence-electron chi connectivity index (χ1n) is 8.70. The molecule has 0 aromatic heterocycles. The summed E-state index contributed by atoms with van der Waals surface area (Å²) >= 11 is 7.30. The van der Waals surface area contributed by atoms with Gasteiger partial charge in [-0.1, -0.05) is 35.9 Å². The zero-order chi connectivity index (χ0) is 19.9. The Morgan fingerprint density at radius 2 is 1.93 bits per heavy atom. The molecule has 1 N–H and O–H groups in total. The van der Waals surface area contributed by atoms with Crippen LogP contribution in [0.3, 0.4) is 0 Å². The third kappa shape index (κ3) is 2.96. The standard InChI is InChI=1S/C21H17ClN2O3S/c1-27-16-8-4-14(5-9-16)21(26)12-28-20-18(11-23)17(10-19(25)24(20)21)13-2-6-15(22)7-3-13/h2-9,17,26H,10,12H2,1H3/t17-,21+/m1/s1. The average molecular weight is 413 g/mol. The van der Waals surface area contributed by atoms with Crippen molar-refractivity contribution >= 4 is 29.3 Å². The van der Waals surface area contributed by atoms with Crippen LogP contribution in [-0.4, -0.2) is 28.8 Å². The second-order valence-electron chi connectivity index (χ2n) is 6.70. The number of hydrogen-bond acceptors (Lipinski definition) is 5. The van der Waals surface area contributed by atoms with Crippen molar-refractivity contribution in [3.05, 3.63) is 75.3 Å². The van der Waals surface area contributed by atoms with Gasteiger partial charge < -0.3 is 9.84 Å². The van der Waals surface area contributed by atoms with Gasteiger partial charge in [-0.3, -0.25) is 9.69 Å². The van der Waals surface area contributed by atoms with Gasteiger partial charge in [-0.2, -0.15) is 5.26 Å². The number of allylic oxidation sites excluding steroid dienone is 1. The normalized spacial score (nSPS) is 24.1. The summed E-state index contributed by atoms with van der Waals surface area (Å²) in [6, 6.07) is 16.4. The number of carbonyl (C=O) groups excluding carboxylic acids is 1. The fourth-order valence-electron chi connectivity index (χ4n) is 3.68. The van der Waals surface area contributed by atoms with E-state index in [0.717, 1.165) is 5.56 Å². The number of rotatable bonds is 3. The minimum Gasteiger partial charge on any atom is -0.497 e. The lowest BCUT2D eigenvalue weighted by atomic mass is 9.85. The Labute approximate surface area is 172 Å². The van der Waals surface area contributed by atoms with Crippen molar-refractivity contribution < 1.29 is 14.6 Å². The van der Waals surface area contributed by atoms with Crippen LogP contribution in [0.4, 0.5) is 0 Å². The maximum absolute atomic E-state index is 13.1. The first kappa shape index (κ1) is 18.9. The van der Waals surface area contributed by atoms with E-state index in [-0.39, 0.29) is 24.0 Å². The van der Waals surface area contributed by atoms with Crippen molar-refractivity contribution in [3.63, 3.8) is 0 Å². The van der Waals surface area contributed by atoms with E-state index in [1.165, 1.54) is 16.7 Å². The number of nitriles is 1. The number of fused-ring (bicyclic) bond motifs is 1. The summed E-state index contributed by atoms with van der Waals surface area (Å²) in [5.74, 6) is 0.377. The second kappa shape index (κ2) is 7.17. The number of methoxy groups -OCH3 is 1. The van der Waals surface area contributed by atoms with E-state index in [0.29, 0.717) is 26.9 Å². The number of carbonyl (C=O) groups is 1. The molecule has 4 rings (SSSR count). The van der Waals surface area contributed by atoms with Gasteiger partial charge in [0.1, 0.15) is 5.75 Å². The van der Waals surface area contributed by atoms with Crippen LogP contribution in [0.1, 0.15) is 23.5 Å². The van der Waals surface area contributed by atoms with E-state index in [4.69, 9.17) is 16.3 Å². The number of benzene rings is 2. The Bertz CT molecular complexity index is 998. The van der Waals surface area contributed by atoms with Crippen molar-refractivity contribution in [2.45, 2.75) is 18.1 Å². The highest BCUT2D eigenvalue weighted by molar-refractivity contribution is 8.03. The summed E-state index contributed by atoms with van der Waals surface area (Å²) in [6.07, 6.45) is 0.118. The molecule has 1 saturated heterocycles. The Morgan fingerprint density at radius 1 is 1.25 bits per heavy atom. The molecule has 7 heteroatoms. The molecule has 0 spiro atoms. The van der Waals surface area contributed by atoms with E-state index in [1.807, 2.05) is 12.1 Å². The van der Waals surface area contributed by atoms with E-state index in [1.54, 1.807) is 43.5 Å². The first-order chi connectivity index (χ1) is 13.5. The van der Waals surface area contributed by atoms with Crippen LogP contribution in [0.25, 0.3) is 0 Å². The van der Waals surface area contributed by atoms with Crippen molar-refractivity contribution in [2.75, 3.05) is 12.9 Å². The molecule has 2 aliphatic rings. The summed E-state index contributed by atoms with van der Waals surface area (Å²) in [5.41, 5.74) is 0.459. The molecule has 1 fully saturated rings. The number of nitrogens with zero attached hydrogens (tertiary/aromatic N) is 2. The molecule has 5 nitrogen and oxygen atoms in total. The second-order valence-corrected chi connectivity index (χ2v) is 8.10. The first-order valence-corrected chi connectivity index (χ1v) is 10.1. The van der Waals surface area contributed by atoms with Gasteiger partial charge in [-0.15, -0.1) is 11.8 Å². The van der Waals surface area contributed by atoms with E-state index >= 15 is 0 Å². The van der Waals surface area contributed by atoms with Gasteiger partial charge in [0.25, 0.3) is 0 Å². The Balaban J connectivity index is 1.77. The van der Waals surface area contributed by atoms with Crippen molar-refractivity contribution in [2.24, 2.45) is 0 Å². The summed E-state index contributed by atoms with van der Waals surface area (Å²) in [4.78, 5) is 14.4. The largest absolute Gasteiger partial charge is 0.497 e. The van der Waals surface area contributed by atoms with E-state index < -0.39 is 5.72 Å². The molecule has 28 heavy (non-hydrogen) atoms. The molecule has 2 atom stereocenters. The third-order valence-electron chi connectivity index (χ3n) is 5.14. The van der Waals surface area contributed by atoms with Crippen LogP contribution in [0.5, 0.6) is 5.75 Å². The lowest BCUT2D eigenvalue weighted by Gasteiger charge is -2.38. The molecular formula is C21H17ClN2O3S. The molecule has 0 bridgehead atoms. The molecule has 2 aromatic rings. The fraction of sp³-hybridized carbons (Fsp3) is 0.238. The number of aliphatic hydroxyl groups is 1. The summed E-state index contributed by atoms with van der Waals surface area (Å²) in [5, 5.41) is 22.3. The Hall–Kier alpha value is -2.46. The van der Waals surface area contributed by atoms with Crippen LogP contribution in [0.15, 0.2) is 59.1 Å². The summed E-state index contributed by atoms with van der Waals surface area (Å²) in [7, 11) is 1.57. The molecule has 2 aromatic carbocycles. The van der Waals surface area contributed by atoms with Gasteiger partial charge in [0.2, 0.25) is 5.91 Å². The van der Waals surface area contributed by atoms with Crippen LogP contribution in [-0.2, 0) is 10.5 Å². The number of thioether (sulfide) groups is 1. The number of halogens is 1. The molecular weight excluding hydrogens is 396 g/mol. The van der Waals surface area contributed by atoms with Crippen LogP contribution < -0.4 is 4.74 Å². The number of ether oxygens (including phenoxy) is 1. The average Bonchev–Trinajstić information content (AvgIpc) is 3.08. The highest BCUT2D eigenvalue weighted by Crippen LogP contribution is 2.51. The lowest BCUT2D eigenvalue weighted by molar-refractivity contribution is -0.149. The maximum atomic E-state index is 13.1. The Morgan fingerprint density at radius 3 is 2.54 bits per heavy atom. The third-order valence-corrected chi connectivity index (χ3v) is 6.61. The quantitative estimate of drug-likeness (QED) is 0.825. The van der Waals surface area contributed by atoms with Gasteiger partial charge in [-0.25, -0.2) is 0 Å². The predicted molar refractivity (Wildman–Crippen MR) is 108 cm³/mol. The smallest absolute Gasteiger partial charge is 0.231 e. The minimum absolute atomic E-state index is 0.118. The monoisotopic (exact) mass is 412 g/mol. The SMILES string of the molecule is COc1ccc([C@@]2(O)CSC3=C(C#N)[C@@H](c4ccc(Cl)cc4)CC(=O)N32)cc1. The van der Waals surface area contributed by atoms with Gasteiger partial charge >= 0.3 is 0 Å². The highest BCUT2D eigenvalue weighted by Gasteiger charge is 2.51. The summed E-state index contributed by atoms with van der Waals surface area (Å²) < 4.78 is 5.17. The van der Waals surface area contributed by atoms with E-state index in [9.17, 15) is 15.2 Å². The molecule has 0 saturated carbocycles. The van der Waals surface area contributed by atoms with Crippen LogP contribution in [0, 0.1) is 11.3 Å². The van der Waals surface area contributed by atoms with Gasteiger partial charge in [0, 0.05) is 22.9 Å². The van der Waals surface area contributed by atoms with Crippen LogP contribution in [0.2, 0.25) is 5.02 Å². The molecule has 0 unspecified atom stereocenters. The predicted octanol–water partition coefficient (Wildman–Crippen LogP) is 3.99. The van der Waals surface area contributed by atoms with Gasteiger partial charge in [0.15, 0.2) is 5.72 Å². The molecule has 2 aliphatic heterocycles. The van der Waals surface area contributed by atoms with Crippen LogP contribution >= 0.6 is 23.4 Å². The molecule has 2 heterocycles. The van der Waals surface area contributed by atoms with Crippen molar-refractivity contribution in [1.29, 1.82) is 5.26 Å².